The highest BCUT2D eigenvalue weighted by atomic mass is 16.2. The number of anilines is 2. The molecule has 1 rings (SSSR count). The summed E-state index contributed by atoms with van der Waals surface area (Å²) in [5, 5.41) is 0. The largest absolute Gasteiger partial charge is 0.397 e. The van der Waals surface area contributed by atoms with E-state index in [1.165, 1.54) is 0 Å². The maximum atomic E-state index is 12.0. The number of carbonyl (C=O) groups is 1. The summed E-state index contributed by atoms with van der Waals surface area (Å²) in [6, 6.07) is 5.13. The molecule has 0 saturated carbocycles. The van der Waals surface area contributed by atoms with Crippen molar-refractivity contribution in [2.24, 2.45) is 0 Å². The third-order valence-electron chi connectivity index (χ3n) is 2.42. The summed E-state index contributed by atoms with van der Waals surface area (Å²) in [6.45, 7) is 5.21. The van der Waals surface area contributed by atoms with E-state index in [1.807, 2.05) is 13.8 Å². The first-order valence-electron chi connectivity index (χ1n) is 5.05. The topological polar surface area (TPSA) is 72.3 Å². The number of hydrogen-bond acceptors (Lipinski definition) is 3. The van der Waals surface area contributed by atoms with Gasteiger partial charge in [-0.2, -0.15) is 0 Å². The zero-order valence-electron chi connectivity index (χ0n) is 9.16. The van der Waals surface area contributed by atoms with Crippen LogP contribution in [0.25, 0.3) is 0 Å². The van der Waals surface area contributed by atoms with E-state index in [0.717, 1.165) is 0 Å². The number of rotatable bonds is 3. The zero-order valence-corrected chi connectivity index (χ0v) is 9.16. The predicted molar refractivity (Wildman–Crippen MR) is 62.5 cm³/mol. The highest BCUT2D eigenvalue weighted by molar-refractivity contribution is 6.01. The number of nitrogens with two attached hydrogens (primary N) is 2. The van der Waals surface area contributed by atoms with Gasteiger partial charge in [-0.25, -0.2) is 0 Å². The van der Waals surface area contributed by atoms with E-state index in [4.69, 9.17) is 11.5 Å². The second-order valence-corrected chi connectivity index (χ2v) is 3.29. The van der Waals surface area contributed by atoms with E-state index in [0.29, 0.717) is 30.0 Å². The fourth-order valence-electron chi connectivity index (χ4n) is 1.45. The molecule has 0 heterocycles. The Morgan fingerprint density at radius 3 is 2.40 bits per heavy atom. The minimum absolute atomic E-state index is 0.0650. The molecule has 4 N–H and O–H groups in total. The number of para-hydroxylation sites is 1. The molecule has 4 heteroatoms. The predicted octanol–water partition coefficient (Wildman–Crippen LogP) is 1.33. The van der Waals surface area contributed by atoms with Crippen LogP contribution in [0, 0.1) is 0 Å². The maximum absolute atomic E-state index is 12.0. The van der Waals surface area contributed by atoms with E-state index in [1.54, 1.807) is 23.1 Å². The molecule has 1 amide bonds. The third-order valence-corrected chi connectivity index (χ3v) is 2.42. The Morgan fingerprint density at radius 1 is 1.27 bits per heavy atom. The van der Waals surface area contributed by atoms with Crippen molar-refractivity contribution in [2.75, 3.05) is 24.6 Å². The van der Waals surface area contributed by atoms with Crippen molar-refractivity contribution in [3.63, 3.8) is 0 Å². The Labute approximate surface area is 89.9 Å². The fraction of sp³-hybridized carbons (Fsp3) is 0.364. The van der Waals surface area contributed by atoms with Gasteiger partial charge in [-0.1, -0.05) is 6.07 Å². The van der Waals surface area contributed by atoms with Crippen LogP contribution in [-0.4, -0.2) is 23.9 Å². The zero-order chi connectivity index (χ0) is 11.4. The molecule has 0 spiro atoms. The quantitative estimate of drug-likeness (QED) is 0.734. The monoisotopic (exact) mass is 207 g/mol. The molecule has 0 atom stereocenters. The van der Waals surface area contributed by atoms with Crippen LogP contribution in [0.1, 0.15) is 24.2 Å². The molecule has 0 aliphatic rings. The highest BCUT2D eigenvalue weighted by Gasteiger charge is 2.15. The number of carbonyl (C=O) groups excluding carboxylic acids is 1. The van der Waals surface area contributed by atoms with Crippen LogP contribution in [-0.2, 0) is 0 Å². The number of hydrogen-bond donors (Lipinski definition) is 2. The summed E-state index contributed by atoms with van der Waals surface area (Å²) in [5.41, 5.74) is 12.7. The molecule has 0 radical (unpaired) electrons. The average Bonchev–Trinajstić information content (AvgIpc) is 2.23. The van der Waals surface area contributed by atoms with Gasteiger partial charge in [0.15, 0.2) is 0 Å². The molecule has 0 aliphatic carbocycles. The normalized spacial score (nSPS) is 10.0. The van der Waals surface area contributed by atoms with Gasteiger partial charge in [0, 0.05) is 13.1 Å². The second-order valence-electron chi connectivity index (χ2n) is 3.29. The number of nitrogens with zero attached hydrogens (tertiary/aromatic N) is 1. The van der Waals surface area contributed by atoms with Crippen molar-refractivity contribution >= 4 is 17.3 Å². The van der Waals surface area contributed by atoms with Crippen LogP contribution in [0.4, 0.5) is 11.4 Å². The van der Waals surface area contributed by atoms with E-state index in [9.17, 15) is 4.79 Å². The van der Waals surface area contributed by atoms with Gasteiger partial charge in [0.2, 0.25) is 0 Å². The first kappa shape index (κ1) is 11.4. The molecular formula is C11H17N3O. The minimum atomic E-state index is -0.0650. The Bertz CT molecular complexity index is 359. The van der Waals surface area contributed by atoms with Crippen molar-refractivity contribution in [3.8, 4) is 0 Å². The summed E-state index contributed by atoms with van der Waals surface area (Å²) in [4.78, 5) is 13.7. The molecule has 1 aromatic rings. The molecule has 0 aliphatic heterocycles. The summed E-state index contributed by atoms with van der Waals surface area (Å²) in [5.74, 6) is -0.0650. The Morgan fingerprint density at radius 2 is 1.87 bits per heavy atom. The van der Waals surface area contributed by atoms with Gasteiger partial charge < -0.3 is 16.4 Å². The summed E-state index contributed by atoms with van der Waals surface area (Å²) < 4.78 is 0. The van der Waals surface area contributed by atoms with Gasteiger partial charge >= 0.3 is 0 Å². The first-order chi connectivity index (χ1) is 7.11. The molecule has 4 nitrogen and oxygen atoms in total. The molecule has 0 bridgehead atoms. The average molecular weight is 207 g/mol. The smallest absolute Gasteiger partial charge is 0.256 e. The van der Waals surface area contributed by atoms with Gasteiger partial charge in [-0.3, -0.25) is 4.79 Å². The summed E-state index contributed by atoms with van der Waals surface area (Å²) >= 11 is 0. The van der Waals surface area contributed by atoms with E-state index < -0.39 is 0 Å². The fourth-order valence-corrected chi connectivity index (χ4v) is 1.45. The molecular weight excluding hydrogens is 190 g/mol. The van der Waals surface area contributed by atoms with Crippen molar-refractivity contribution in [3.05, 3.63) is 23.8 Å². The Kier molecular flexibility index (Phi) is 3.55. The van der Waals surface area contributed by atoms with Crippen LogP contribution in [0.3, 0.4) is 0 Å². The lowest BCUT2D eigenvalue weighted by Crippen LogP contribution is -2.31. The van der Waals surface area contributed by atoms with E-state index in [-0.39, 0.29) is 5.91 Å². The van der Waals surface area contributed by atoms with Gasteiger partial charge in [-0.05, 0) is 26.0 Å². The molecule has 0 fully saturated rings. The number of nitrogen functional groups attached to an aromatic ring is 2. The lowest BCUT2D eigenvalue weighted by Gasteiger charge is -2.19. The van der Waals surface area contributed by atoms with Crippen LogP contribution in [0.15, 0.2) is 18.2 Å². The number of amides is 1. The van der Waals surface area contributed by atoms with Crippen molar-refractivity contribution in [2.45, 2.75) is 13.8 Å². The molecule has 1 aromatic carbocycles. The molecule has 0 unspecified atom stereocenters. The van der Waals surface area contributed by atoms with Crippen LogP contribution >= 0.6 is 0 Å². The van der Waals surface area contributed by atoms with Gasteiger partial charge in [0.25, 0.3) is 5.91 Å². The minimum Gasteiger partial charge on any atom is -0.397 e. The standard InChI is InChI=1S/C11H17N3O/c1-3-14(4-2)11(15)8-6-5-7-9(12)10(8)13/h5-7H,3-4,12-13H2,1-2H3. The summed E-state index contributed by atoms with van der Waals surface area (Å²) in [7, 11) is 0. The molecule has 0 saturated heterocycles. The van der Waals surface area contributed by atoms with E-state index in [2.05, 4.69) is 0 Å². The second kappa shape index (κ2) is 4.68. The van der Waals surface area contributed by atoms with Crippen molar-refractivity contribution in [1.29, 1.82) is 0 Å². The Hall–Kier alpha value is -1.71. The van der Waals surface area contributed by atoms with Crippen molar-refractivity contribution in [1.82, 2.24) is 4.90 Å². The lowest BCUT2D eigenvalue weighted by atomic mass is 10.1. The van der Waals surface area contributed by atoms with Gasteiger partial charge in [0.1, 0.15) is 0 Å². The van der Waals surface area contributed by atoms with E-state index >= 15 is 0 Å². The van der Waals surface area contributed by atoms with Crippen LogP contribution in [0.5, 0.6) is 0 Å². The highest BCUT2D eigenvalue weighted by Crippen LogP contribution is 2.20. The Balaban J connectivity index is 3.05. The summed E-state index contributed by atoms with van der Waals surface area (Å²) in [6.07, 6.45) is 0. The third kappa shape index (κ3) is 2.21. The number of benzene rings is 1. The van der Waals surface area contributed by atoms with Gasteiger partial charge in [0.05, 0.1) is 16.9 Å². The first-order valence-corrected chi connectivity index (χ1v) is 5.05. The lowest BCUT2D eigenvalue weighted by molar-refractivity contribution is 0.0774. The molecule has 0 aromatic heterocycles. The maximum Gasteiger partial charge on any atom is 0.256 e. The van der Waals surface area contributed by atoms with Crippen LogP contribution in [0.2, 0.25) is 0 Å². The van der Waals surface area contributed by atoms with Crippen molar-refractivity contribution < 1.29 is 4.79 Å². The molecule has 82 valence electrons. The molecule has 15 heavy (non-hydrogen) atoms. The SMILES string of the molecule is CCN(CC)C(=O)c1cccc(N)c1N. The van der Waals surface area contributed by atoms with Gasteiger partial charge in [-0.15, -0.1) is 0 Å². The van der Waals surface area contributed by atoms with Crippen LogP contribution < -0.4 is 11.5 Å².